The van der Waals surface area contributed by atoms with Crippen LogP contribution < -0.4 is 10.6 Å². The van der Waals surface area contributed by atoms with Gasteiger partial charge in [0.25, 0.3) is 0 Å². The van der Waals surface area contributed by atoms with Gasteiger partial charge >= 0.3 is 5.97 Å². The quantitative estimate of drug-likeness (QED) is 0.227. The van der Waals surface area contributed by atoms with Gasteiger partial charge in [-0.3, -0.25) is 9.79 Å². The number of hydrogen-bond acceptors (Lipinski definition) is 3. The van der Waals surface area contributed by atoms with Crippen LogP contribution in [0, 0.1) is 12.7 Å². The van der Waals surface area contributed by atoms with E-state index < -0.39 is 0 Å². The van der Waals surface area contributed by atoms with Crippen molar-refractivity contribution in [2.75, 3.05) is 20.7 Å². The van der Waals surface area contributed by atoms with Crippen molar-refractivity contribution in [1.29, 1.82) is 0 Å². The minimum Gasteiger partial charge on any atom is -0.469 e. The average Bonchev–Trinajstić information content (AvgIpc) is 2.52. The van der Waals surface area contributed by atoms with E-state index in [1.165, 1.54) is 13.2 Å². The molecule has 0 saturated carbocycles. The summed E-state index contributed by atoms with van der Waals surface area (Å²) in [6.07, 6.45) is 2.05. The maximum Gasteiger partial charge on any atom is 0.305 e. The smallest absolute Gasteiger partial charge is 0.305 e. The number of nitrogens with zero attached hydrogens (tertiary/aromatic N) is 1. The molecule has 0 spiro atoms. The third kappa shape index (κ3) is 8.73. The summed E-state index contributed by atoms with van der Waals surface area (Å²) in [5.41, 5.74) is 1.62. The minimum atomic E-state index is -0.197. The first kappa shape index (κ1) is 21.6. The Labute approximate surface area is 154 Å². The van der Waals surface area contributed by atoms with E-state index in [-0.39, 0.29) is 35.8 Å². The van der Waals surface area contributed by atoms with Gasteiger partial charge in [0, 0.05) is 26.6 Å². The van der Waals surface area contributed by atoms with E-state index in [2.05, 4.69) is 20.4 Å². The summed E-state index contributed by atoms with van der Waals surface area (Å²) in [5.74, 6) is 0.297. The monoisotopic (exact) mass is 437 g/mol. The molecule has 130 valence electrons. The van der Waals surface area contributed by atoms with Crippen molar-refractivity contribution in [3.05, 3.63) is 35.1 Å². The Kier molecular flexibility index (Phi) is 11.4. The van der Waals surface area contributed by atoms with E-state index >= 15 is 0 Å². The van der Waals surface area contributed by atoms with Gasteiger partial charge in [-0.25, -0.2) is 4.39 Å². The lowest BCUT2D eigenvalue weighted by Crippen LogP contribution is -2.37. The molecule has 0 aliphatic rings. The first-order valence-corrected chi connectivity index (χ1v) is 7.33. The normalized spacial score (nSPS) is 10.7. The van der Waals surface area contributed by atoms with E-state index in [1.54, 1.807) is 20.0 Å². The number of methoxy groups -OCH3 is 1. The van der Waals surface area contributed by atoms with Crippen molar-refractivity contribution in [2.24, 2.45) is 4.99 Å². The molecule has 0 aromatic heterocycles. The summed E-state index contributed by atoms with van der Waals surface area (Å²) in [4.78, 5) is 15.1. The number of benzene rings is 1. The van der Waals surface area contributed by atoms with Crippen LogP contribution in [-0.2, 0) is 16.1 Å². The second kappa shape index (κ2) is 12.1. The predicted molar refractivity (Wildman–Crippen MR) is 101 cm³/mol. The number of rotatable bonds is 7. The molecular formula is C16H25FIN3O2. The summed E-state index contributed by atoms with van der Waals surface area (Å²) in [5, 5.41) is 6.34. The molecule has 23 heavy (non-hydrogen) atoms. The SMILES string of the molecule is CN=C(NCCCCC(=O)OC)NCc1ccc(F)c(C)c1.I. The largest absolute Gasteiger partial charge is 0.469 e. The highest BCUT2D eigenvalue weighted by Crippen LogP contribution is 2.08. The first-order chi connectivity index (χ1) is 10.6. The number of esters is 1. The van der Waals surface area contributed by atoms with Crippen LogP contribution >= 0.6 is 24.0 Å². The van der Waals surface area contributed by atoms with Crippen LogP contribution in [0.5, 0.6) is 0 Å². The Hall–Kier alpha value is -1.38. The molecule has 0 aliphatic carbocycles. The number of aliphatic imine (C=N–C) groups is 1. The zero-order valence-corrected chi connectivity index (χ0v) is 16.1. The molecule has 0 fully saturated rings. The van der Waals surface area contributed by atoms with Gasteiger partial charge < -0.3 is 15.4 Å². The molecule has 1 aromatic carbocycles. The molecule has 1 rings (SSSR count). The lowest BCUT2D eigenvalue weighted by Gasteiger charge is -2.12. The van der Waals surface area contributed by atoms with Gasteiger partial charge in [0.05, 0.1) is 7.11 Å². The van der Waals surface area contributed by atoms with Gasteiger partial charge in [-0.1, -0.05) is 12.1 Å². The van der Waals surface area contributed by atoms with Crippen molar-refractivity contribution < 1.29 is 13.9 Å². The molecule has 0 amide bonds. The van der Waals surface area contributed by atoms with Crippen LogP contribution in [0.1, 0.15) is 30.4 Å². The van der Waals surface area contributed by atoms with Crippen molar-refractivity contribution >= 4 is 35.9 Å². The van der Waals surface area contributed by atoms with Crippen molar-refractivity contribution in [2.45, 2.75) is 32.7 Å². The van der Waals surface area contributed by atoms with Crippen molar-refractivity contribution in [3.8, 4) is 0 Å². The van der Waals surface area contributed by atoms with Crippen LogP contribution in [0.3, 0.4) is 0 Å². The molecule has 0 unspecified atom stereocenters. The van der Waals surface area contributed by atoms with Crippen LogP contribution in [0.4, 0.5) is 4.39 Å². The third-order valence-corrected chi connectivity index (χ3v) is 3.23. The third-order valence-electron chi connectivity index (χ3n) is 3.23. The number of carbonyl (C=O) groups is 1. The zero-order valence-electron chi connectivity index (χ0n) is 13.8. The Morgan fingerprint density at radius 3 is 2.65 bits per heavy atom. The lowest BCUT2D eigenvalue weighted by molar-refractivity contribution is -0.140. The molecule has 5 nitrogen and oxygen atoms in total. The molecule has 0 bridgehead atoms. The summed E-state index contributed by atoms with van der Waals surface area (Å²) >= 11 is 0. The number of nitrogens with one attached hydrogen (secondary N) is 2. The molecule has 0 saturated heterocycles. The second-order valence-electron chi connectivity index (χ2n) is 4.97. The Morgan fingerprint density at radius 1 is 1.30 bits per heavy atom. The standard InChI is InChI=1S/C16H24FN3O2.HI/c1-12-10-13(7-8-14(12)17)11-20-16(18-2)19-9-5-4-6-15(21)22-3;/h7-8,10H,4-6,9,11H2,1-3H3,(H2,18,19,20);1H. The maximum atomic E-state index is 13.2. The average molecular weight is 437 g/mol. The molecule has 0 atom stereocenters. The fourth-order valence-corrected chi connectivity index (χ4v) is 1.93. The van der Waals surface area contributed by atoms with E-state index in [9.17, 15) is 9.18 Å². The van der Waals surface area contributed by atoms with Gasteiger partial charge in [0.1, 0.15) is 5.82 Å². The lowest BCUT2D eigenvalue weighted by atomic mass is 10.1. The number of hydrogen-bond donors (Lipinski definition) is 2. The van der Waals surface area contributed by atoms with Crippen LogP contribution in [0.15, 0.2) is 23.2 Å². The molecule has 0 radical (unpaired) electrons. The summed E-state index contributed by atoms with van der Waals surface area (Å²) < 4.78 is 17.8. The summed E-state index contributed by atoms with van der Waals surface area (Å²) in [6, 6.07) is 5.03. The highest BCUT2D eigenvalue weighted by molar-refractivity contribution is 14.0. The molecule has 0 heterocycles. The van der Waals surface area contributed by atoms with Crippen molar-refractivity contribution in [1.82, 2.24) is 10.6 Å². The van der Waals surface area contributed by atoms with E-state index in [0.29, 0.717) is 24.5 Å². The van der Waals surface area contributed by atoms with E-state index in [1.807, 2.05) is 6.07 Å². The zero-order chi connectivity index (χ0) is 16.4. The molecule has 0 aliphatic heterocycles. The van der Waals surface area contributed by atoms with Gasteiger partial charge in [-0.05, 0) is 37.0 Å². The van der Waals surface area contributed by atoms with Gasteiger partial charge in [0.15, 0.2) is 5.96 Å². The number of halogens is 2. The Balaban J connectivity index is 0.00000484. The Morgan fingerprint density at radius 2 is 2.04 bits per heavy atom. The van der Waals surface area contributed by atoms with Gasteiger partial charge in [0.2, 0.25) is 0 Å². The Bertz CT molecular complexity index is 524. The fourth-order valence-electron chi connectivity index (χ4n) is 1.93. The topological polar surface area (TPSA) is 62.7 Å². The molecule has 2 N–H and O–H groups in total. The molecule has 1 aromatic rings. The number of ether oxygens (including phenoxy) is 1. The maximum absolute atomic E-state index is 13.2. The van der Waals surface area contributed by atoms with Crippen molar-refractivity contribution in [3.63, 3.8) is 0 Å². The van der Waals surface area contributed by atoms with Crippen LogP contribution in [-0.4, -0.2) is 32.6 Å². The fraction of sp³-hybridized carbons (Fsp3) is 0.500. The summed E-state index contributed by atoms with van der Waals surface area (Å²) in [6.45, 7) is 3.04. The number of aryl methyl sites for hydroxylation is 1. The van der Waals surface area contributed by atoms with E-state index in [4.69, 9.17) is 0 Å². The summed E-state index contributed by atoms with van der Waals surface area (Å²) in [7, 11) is 3.09. The van der Waals surface area contributed by atoms with Crippen LogP contribution in [0.25, 0.3) is 0 Å². The highest BCUT2D eigenvalue weighted by atomic mass is 127. The molecular weight excluding hydrogens is 412 g/mol. The number of carbonyl (C=O) groups excluding carboxylic acids is 1. The number of unbranched alkanes of at least 4 members (excludes halogenated alkanes) is 1. The minimum absolute atomic E-state index is 0. The highest BCUT2D eigenvalue weighted by Gasteiger charge is 2.02. The predicted octanol–water partition coefficient (Wildman–Crippen LogP) is 2.76. The van der Waals surface area contributed by atoms with Crippen LogP contribution in [0.2, 0.25) is 0 Å². The molecule has 7 heteroatoms. The van der Waals surface area contributed by atoms with E-state index in [0.717, 1.165) is 24.9 Å². The van der Waals surface area contributed by atoms with Gasteiger partial charge in [-0.15, -0.1) is 24.0 Å². The second-order valence-corrected chi connectivity index (χ2v) is 4.97. The first-order valence-electron chi connectivity index (χ1n) is 7.33. The van der Waals surface area contributed by atoms with Gasteiger partial charge in [-0.2, -0.15) is 0 Å². The number of guanidine groups is 1.